The molecule has 0 atom stereocenters. The molecule has 0 radical (unpaired) electrons. The van der Waals surface area contributed by atoms with E-state index in [0.29, 0.717) is 6.61 Å². The molecule has 3 nitrogen and oxygen atoms in total. The molecule has 1 heterocycles. The minimum absolute atomic E-state index is 0.650. The SMILES string of the molecule is CCOc1ccc(CCN2CCc3ccccc3C2)cc1N. The third kappa shape index (κ3) is 3.42. The van der Waals surface area contributed by atoms with E-state index < -0.39 is 0 Å². The number of benzene rings is 2. The van der Waals surface area contributed by atoms with Gasteiger partial charge in [0.25, 0.3) is 0 Å². The highest BCUT2D eigenvalue weighted by atomic mass is 16.5. The predicted molar refractivity (Wildman–Crippen MR) is 91.2 cm³/mol. The van der Waals surface area contributed by atoms with Crippen molar-refractivity contribution in [2.75, 3.05) is 25.4 Å². The van der Waals surface area contributed by atoms with Gasteiger partial charge in [-0.25, -0.2) is 0 Å². The summed E-state index contributed by atoms with van der Waals surface area (Å²) in [6.07, 6.45) is 2.18. The van der Waals surface area contributed by atoms with Crippen molar-refractivity contribution >= 4 is 5.69 Å². The average molecular weight is 296 g/mol. The first-order valence-corrected chi connectivity index (χ1v) is 8.06. The second-order valence-corrected chi connectivity index (χ2v) is 5.85. The van der Waals surface area contributed by atoms with Gasteiger partial charge in [0.15, 0.2) is 0 Å². The number of anilines is 1. The number of nitrogens with two attached hydrogens (primary N) is 1. The van der Waals surface area contributed by atoms with Crippen molar-refractivity contribution in [2.45, 2.75) is 26.3 Å². The Morgan fingerprint density at radius 2 is 1.95 bits per heavy atom. The second kappa shape index (κ2) is 6.84. The zero-order valence-corrected chi connectivity index (χ0v) is 13.2. The Morgan fingerprint density at radius 3 is 2.73 bits per heavy atom. The first-order valence-electron chi connectivity index (χ1n) is 8.06. The topological polar surface area (TPSA) is 38.5 Å². The van der Waals surface area contributed by atoms with Crippen LogP contribution in [0.5, 0.6) is 5.75 Å². The van der Waals surface area contributed by atoms with E-state index in [1.807, 2.05) is 19.1 Å². The molecule has 2 aromatic carbocycles. The average Bonchev–Trinajstić information content (AvgIpc) is 2.55. The molecule has 0 bridgehead atoms. The number of nitrogens with zero attached hydrogens (tertiary/aromatic N) is 1. The quantitative estimate of drug-likeness (QED) is 0.861. The Hall–Kier alpha value is -2.00. The van der Waals surface area contributed by atoms with Crippen LogP contribution in [-0.2, 0) is 19.4 Å². The highest BCUT2D eigenvalue weighted by Gasteiger charge is 2.15. The molecule has 0 saturated heterocycles. The molecular weight excluding hydrogens is 272 g/mol. The largest absolute Gasteiger partial charge is 0.492 e. The van der Waals surface area contributed by atoms with E-state index in [1.165, 1.54) is 16.7 Å². The van der Waals surface area contributed by atoms with Gasteiger partial charge in [0.1, 0.15) is 5.75 Å². The normalized spacial score (nSPS) is 14.6. The van der Waals surface area contributed by atoms with Crippen LogP contribution in [0.1, 0.15) is 23.6 Å². The fourth-order valence-corrected chi connectivity index (χ4v) is 3.07. The van der Waals surface area contributed by atoms with Crippen molar-refractivity contribution in [1.82, 2.24) is 4.90 Å². The van der Waals surface area contributed by atoms with Crippen molar-refractivity contribution < 1.29 is 4.74 Å². The number of ether oxygens (including phenoxy) is 1. The van der Waals surface area contributed by atoms with Gasteiger partial charge in [-0.2, -0.15) is 0 Å². The van der Waals surface area contributed by atoms with E-state index in [-0.39, 0.29) is 0 Å². The maximum atomic E-state index is 6.04. The second-order valence-electron chi connectivity index (χ2n) is 5.85. The van der Waals surface area contributed by atoms with Gasteiger partial charge in [-0.1, -0.05) is 30.3 Å². The van der Waals surface area contributed by atoms with E-state index in [9.17, 15) is 0 Å². The molecule has 0 fully saturated rings. The summed E-state index contributed by atoms with van der Waals surface area (Å²) in [4.78, 5) is 2.52. The van der Waals surface area contributed by atoms with E-state index in [2.05, 4.69) is 35.2 Å². The molecule has 2 aromatic rings. The zero-order chi connectivity index (χ0) is 15.4. The third-order valence-electron chi connectivity index (χ3n) is 4.30. The summed E-state index contributed by atoms with van der Waals surface area (Å²) in [5, 5.41) is 0. The Kier molecular flexibility index (Phi) is 4.64. The number of hydrogen-bond donors (Lipinski definition) is 1. The van der Waals surface area contributed by atoms with Gasteiger partial charge in [0.05, 0.1) is 12.3 Å². The lowest BCUT2D eigenvalue weighted by Crippen LogP contribution is -2.32. The van der Waals surface area contributed by atoms with E-state index in [1.54, 1.807) is 0 Å². The van der Waals surface area contributed by atoms with Crippen LogP contribution in [0.25, 0.3) is 0 Å². The molecule has 116 valence electrons. The van der Waals surface area contributed by atoms with Crippen LogP contribution in [0, 0.1) is 0 Å². The number of rotatable bonds is 5. The lowest BCUT2D eigenvalue weighted by atomic mass is 9.99. The maximum absolute atomic E-state index is 6.04. The van der Waals surface area contributed by atoms with Crippen molar-refractivity contribution in [3.63, 3.8) is 0 Å². The molecule has 1 aliphatic rings. The summed E-state index contributed by atoms with van der Waals surface area (Å²) in [5.74, 6) is 0.790. The van der Waals surface area contributed by atoms with Crippen LogP contribution in [0.3, 0.4) is 0 Å². The van der Waals surface area contributed by atoms with Gasteiger partial charge in [-0.15, -0.1) is 0 Å². The Bertz CT molecular complexity index is 639. The van der Waals surface area contributed by atoms with Crippen molar-refractivity contribution in [3.05, 3.63) is 59.2 Å². The summed E-state index contributed by atoms with van der Waals surface area (Å²) < 4.78 is 5.49. The summed E-state index contributed by atoms with van der Waals surface area (Å²) >= 11 is 0. The minimum atomic E-state index is 0.650. The monoisotopic (exact) mass is 296 g/mol. The molecule has 1 aliphatic heterocycles. The Labute approximate surface area is 132 Å². The number of nitrogen functional groups attached to an aromatic ring is 1. The van der Waals surface area contributed by atoms with Crippen LogP contribution in [0.4, 0.5) is 5.69 Å². The highest BCUT2D eigenvalue weighted by molar-refractivity contribution is 5.54. The fourth-order valence-electron chi connectivity index (χ4n) is 3.07. The molecule has 3 heteroatoms. The van der Waals surface area contributed by atoms with E-state index in [4.69, 9.17) is 10.5 Å². The third-order valence-corrected chi connectivity index (χ3v) is 4.30. The van der Waals surface area contributed by atoms with Crippen molar-refractivity contribution in [2.24, 2.45) is 0 Å². The molecule has 0 aromatic heterocycles. The van der Waals surface area contributed by atoms with Crippen LogP contribution in [-0.4, -0.2) is 24.6 Å². The molecule has 22 heavy (non-hydrogen) atoms. The lowest BCUT2D eigenvalue weighted by molar-refractivity contribution is 0.257. The van der Waals surface area contributed by atoms with Gasteiger partial charge < -0.3 is 10.5 Å². The Morgan fingerprint density at radius 1 is 1.14 bits per heavy atom. The highest BCUT2D eigenvalue weighted by Crippen LogP contribution is 2.23. The smallest absolute Gasteiger partial charge is 0.142 e. The number of fused-ring (bicyclic) bond motifs is 1. The van der Waals surface area contributed by atoms with Gasteiger partial charge >= 0.3 is 0 Å². The van der Waals surface area contributed by atoms with Crippen molar-refractivity contribution in [3.8, 4) is 5.75 Å². The molecule has 3 rings (SSSR count). The number of hydrogen-bond acceptors (Lipinski definition) is 3. The van der Waals surface area contributed by atoms with E-state index >= 15 is 0 Å². The first kappa shape index (κ1) is 14.9. The molecule has 0 amide bonds. The minimum Gasteiger partial charge on any atom is -0.492 e. The first-order chi connectivity index (χ1) is 10.8. The summed E-state index contributed by atoms with van der Waals surface area (Å²) in [5.41, 5.74) is 11.0. The van der Waals surface area contributed by atoms with Gasteiger partial charge in [0, 0.05) is 19.6 Å². The van der Waals surface area contributed by atoms with Crippen LogP contribution in [0.2, 0.25) is 0 Å². The molecule has 0 aliphatic carbocycles. The Balaban J connectivity index is 1.58. The van der Waals surface area contributed by atoms with Crippen LogP contribution < -0.4 is 10.5 Å². The molecular formula is C19H24N2O. The predicted octanol–water partition coefficient (Wildman–Crippen LogP) is 3.27. The fraction of sp³-hybridized carbons (Fsp3) is 0.368. The van der Waals surface area contributed by atoms with Crippen LogP contribution >= 0.6 is 0 Å². The molecule has 0 unspecified atom stereocenters. The molecule has 2 N–H and O–H groups in total. The molecule has 0 saturated carbocycles. The summed E-state index contributed by atoms with van der Waals surface area (Å²) in [7, 11) is 0. The van der Waals surface area contributed by atoms with E-state index in [0.717, 1.165) is 43.9 Å². The lowest BCUT2D eigenvalue weighted by Gasteiger charge is -2.28. The summed E-state index contributed by atoms with van der Waals surface area (Å²) in [6.45, 7) is 5.90. The summed E-state index contributed by atoms with van der Waals surface area (Å²) in [6, 6.07) is 14.9. The van der Waals surface area contributed by atoms with Gasteiger partial charge in [-0.3, -0.25) is 4.90 Å². The maximum Gasteiger partial charge on any atom is 0.142 e. The van der Waals surface area contributed by atoms with Gasteiger partial charge in [-0.05, 0) is 48.6 Å². The zero-order valence-electron chi connectivity index (χ0n) is 13.2. The van der Waals surface area contributed by atoms with Crippen LogP contribution in [0.15, 0.2) is 42.5 Å². The van der Waals surface area contributed by atoms with Gasteiger partial charge in [0.2, 0.25) is 0 Å². The standard InChI is InChI=1S/C19H24N2O/c1-2-22-19-8-7-15(13-18(19)20)9-11-21-12-10-16-5-3-4-6-17(16)14-21/h3-8,13H,2,9-12,14,20H2,1H3. The van der Waals surface area contributed by atoms with Crippen molar-refractivity contribution in [1.29, 1.82) is 0 Å². The molecule has 0 spiro atoms.